The SMILES string of the molecule is CCCCCCCCCC[N+](CCC)(CCC)CCC. The number of unbranched alkanes of at least 4 members (excludes halogenated alkanes) is 7. The van der Waals surface area contributed by atoms with Crippen LogP contribution in [0.5, 0.6) is 0 Å². The summed E-state index contributed by atoms with van der Waals surface area (Å²) in [5.41, 5.74) is 0. The lowest BCUT2D eigenvalue weighted by molar-refractivity contribution is -0.928. The van der Waals surface area contributed by atoms with Gasteiger partial charge >= 0.3 is 0 Å². The van der Waals surface area contributed by atoms with Gasteiger partial charge in [-0.05, 0) is 32.1 Å². The first-order valence-electron chi connectivity index (χ1n) is 9.59. The van der Waals surface area contributed by atoms with Crippen LogP contribution in [0.15, 0.2) is 0 Å². The number of rotatable bonds is 15. The second kappa shape index (κ2) is 13.9. The molecular weight excluding hydrogens is 242 g/mol. The average Bonchev–Trinajstić information content (AvgIpc) is 2.43. The highest BCUT2D eigenvalue weighted by atomic mass is 15.3. The molecule has 0 spiro atoms. The molecular formula is C19H42N+. The lowest BCUT2D eigenvalue weighted by atomic mass is 10.1. The van der Waals surface area contributed by atoms with Gasteiger partial charge in [-0.1, -0.05) is 66.2 Å². The van der Waals surface area contributed by atoms with Crippen molar-refractivity contribution < 1.29 is 4.48 Å². The quantitative estimate of drug-likeness (QED) is 0.249. The van der Waals surface area contributed by atoms with Crippen molar-refractivity contribution in [2.75, 3.05) is 26.2 Å². The van der Waals surface area contributed by atoms with Crippen molar-refractivity contribution in [3.05, 3.63) is 0 Å². The van der Waals surface area contributed by atoms with E-state index in [-0.39, 0.29) is 0 Å². The molecule has 0 aromatic carbocycles. The Morgan fingerprint density at radius 2 is 0.800 bits per heavy atom. The zero-order valence-electron chi connectivity index (χ0n) is 15.1. The fraction of sp³-hybridized carbons (Fsp3) is 1.00. The maximum atomic E-state index is 2.35. The van der Waals surface area contributed by atoms with Crippen LogP contribution in [0.4, 0.5) is 0 Å². The van der Waals surface area contributed by atoms with Gasteiger partial charge in [-0.15, -0.1) is 0 Å². The molecule has 20 heavy (non-hydrogen) atoms. The molecule has 0 fully saturated rings. The van der Waals surface area contributed by atoms with E-state index < -0.39 is 0 Å². The largest absolute Gasteiger partial charge is 0.324 e. The third-order valence-electron chi connectivity index (χ3n) is 4.58. The number of nitrogens with zero attached hydrogens (tertiary/aromatic N) is 1. The minimum Gasteiger partial charge on any atom is -0.324 e. The van der Waals surface area contributed by atoms with E-state index in [9.17, 15) is 0 Å². The number of hydrogen-bond acceptors (Lipinski definition) is 0. The molecule has 0 aliphatic rings. The molecule has 0 N–H and O–H groups in total. The highest BCUT2D eigenvalue weighted by molar-refractivity contribution is 4.49. The van der Waals surface area contributed by atoms with E-state index in [1.54, 1.807) is 0 Å². The van der Waals surface area contributed by atoms with Gasteiger partial charge < -0.3 is 4.48 Å². The van der Waals surface area contributed by atoms with Gasteiger partial charge in [0.2, 0.25) is 0 Å². The van der Waals surface area contributed by atoms with Gasteiger partial charge in [0.05, 0.1) is 26.2 Å². The normalized spacial score (nSPS) is 12.0. The standard InChI is InChI=1S/C19H42N/c1-5-9-10-11-12-13-14-15-19-20(16-6-2,17-7-3)18-8-4/h5-19H2,1-4H3/q+1. The van der Waals surface area contributed by atoms with E-state index in [0.717, 1.165) is 0 Å². The number of quaternary nitrogens is 1. The zero-order valence-corrected chi connectivity index (χ0v) is 15.1. The third-order valence-corrected chi connectivity index (χ3v) is 4.58. The minimum atomic E-state index is 1.34. The summed E-state index contributed by atoms with van der Waals surface area (Å²) in [6.07, 6.45) is 15.6. The molecule has 0 aliphatic heterocycles. The number of hydrogen-bond donors (Lipinski definition) is 0. The minimum absolute atomic E-state index is 1.34. The smallest absolute Gasteiger partial charge is 0.0786 e. The molecule has 0 unspecified atom stereocenters. The molecule has 0 amide bonds. The Labute approximate surface area is 129 Å². The van der Waals surface area contributed by atoms with Gasteiger partial charge in [-0.3, -0.25) is 0 Å². The van der Waals surface area contributed by atoms with Gasteiger partial charge in [0.1, 0.15) is 0 Å². The Bertz CT molecular complexity index is 171. The summed E-state index contributed by atoms with van der Waals surface area (Å²) < 4.78 is 1.40. The summed E-state index contributed by atoms with van der Waals surface area (Å²) in [6.45, 7) is 15.0. The average molecular weight is 285 g/mol. The summed E-state index contributed by atoms with van der Waals surface area (Å²) in [7, 11) is 0. The van der Waals surface area contributed by atoms with Gasteiger partial charge in [0.15, 0.2) is 0 Å². The fourth-order valence-corrected chi connectivity index (χ4v) is 3.67. The first kappa shape index (κ1) is 20.0. The van der Waals surface area contributed by atoms with Crippen molar-refractivity contribution in [2.45, 2.75) is 98.3 Å². The van der Waals surface area contributed by atoms with Crippen molar-refractivity contribution >= 4 is 0 Å². The predicted octanol–water partition coefficient (Wildman–Crippen LogP) is 6.17. The fourth-order valence-electron chi connectivity index (χ4n) is 3.67. The van der Waals surface area contributed by atoms with Crippen LogP contribution >= 0.6 is 0 Å². The van der Waals surface area contributed by atoms with Crippen LogP contribution in [0.25, 0.3) is 0 Å². The van der Waals surface area contributed by atoms with Crippen molar-refractivity contribution in [1.82, 2.24) is 0 Å². The summed E-state index contributed by atoms with van der Waals surface area (Å²) in [4.78, 5) is 0. The Kier molecular flexibility index (Phi) is 13.9. The summed E-state index contributed by atoms with van der Waals surface area (Å²) in [5, 5.41) is 0. The lowest BCUT2D eigenvalue weighted by Gasteiger charge is -2.38. The molecule has 0 bridgehead atoms. The summed E-state index contributed by atoms with van der Waals surface area (Å²) >= 11 is 0. The molecule has 0 aromatic rings. The molecule has 122 valence electrons. The molecule has 1 heteroatoms. The molecule has 0 saturated carbocycles. The third kappa shape index (κ3) is 9.80. The molecule has 0 rings (SSSR count). The van der Waals surface area contributed by atoms with Crippen LogP contribution in [0.2, 0.25) is 0 Å². The van der Waals surface area contributed by atoms with E-state index in [0.29, 0.717) is 0 Å². The van der Waals surface area contributed by atoms with E-state index in [4.69, 9.17) is 0 Å². The van der Waals surface area contributed by atoms with Crippen LogP contribution < -0.4 is 0 Å². The van der Waals surface area contributed by atoms with Crippen molar-refractivity contribution in [2.24, 2.45) is 0 Å². The van der Waals surface area contributed by atoms with Crippen LogP contribution in [-0.2, 0) is 0 Å². The maximum absolute atomic E-state index is 2.35. The Hall–Kier alpha value is -0.0400. The van der Waals surface area contributed by atoms with Crippen LogP contribution in [0.1, 0.15) is 98.3 Å². The summed E-state index contributed by atoms with van der Waals surface area (Å²) in [5.74, 6) is 0. The van der Waals surface area contributed by atoms with Crippen molar-refractivity contribution in [1.29, 1.82) is 0 Å². The molecule has 0 radical (unpaired) electrons. The van der Waals surface area contributed by atoms with Crippen LogP contribution in [0.3, 0.4) is 0 Å². The first-order valence-corrected chi connectivity index (χ1v) is 9.59. The Morgan fingerprint density at radius 3 is 1.20 bits per heavy atom. The van der Waals surface area contributed by atoms with Crippen molar-refractivity contribution in [3.63, 3.8) is 0 Å². The van der Waals surface area contributed by atoms with Gasteiger partial charge in [0, 0.05) is 0 Å². The van der Waals surface area contributed by atoms with Crippen LogP contribution in [0, 0.1) is 0 Å². The van der Waals surface area contributed by atoms with Gasteiger partial charge in [-0.25, -0.2) is 0 Å². The second-order valence-corrected chi connectivity index (χ2v) is 6.71. The lowest BCUT2D eigenvalue weighted by Crippen LogP contribution is -2.50. The first-order chi connectivity index (χ1) is 9.74. The second-order valence-electron chi connectivity index (χ2n) is 6.71. The van der Waals surface area contributed by atoms with Crippen LogP contribution in [-0.4, -0.2) is 30.7 Å². The highest BCUT2D eigenvalue weighted by Gasteiger charge is 2.23. The molecule has 0 aromatic heterocycles. The van der Waals surface area contributed by atoms with E-state index in [1.807, 2.05) is 0 Å². The zero-order chi connectivity index (χ0) is 15.1. The van der Waals surface area contributed by atoms with Gasteiger partial charge in [0.25, 0.3) is 0 Å². The van der Waals surface area contributed by atoms with Gasteiger partial charge in [-0.2, -0.15) is 0 Å². The highest BCUT2D eigenvalue weighted by Crippen LogP contribution is 2.15. The Balaban J connectivity index is 3.82. The molecule has 1 nitrogen and oxygen atoms in total. The molecule has 0 saturated heterocycles. The molecule has 0 aliphatic carbocycles. The molecule has 0 atom stereocenters. The van der Waals surface area contributed by atoms with E-state index in [1.165, 1.54) is 101 Å². The monoisotopic (exact) mass is 284 g/mol. The topological polar surface area (TPSA) is 0 Å². The van der Waals surface area contributed by atoms with E-state index >= 15 is 0 Å². The molecule has 0 heterocycles. The predicted molar refractivity (Wildman–Crippen MR) is 93.2 cm³/mol. The Morgan fingerprint density at radius 1 is 0.400 bits per heavy atom. The van der Waals surface area contributed by atoms with Crippen molar-refractivity contribution in [3.8, 4) is 0 Å². The summed E-state index contributed by atoms with van der Waals surface area (Å²) in [6, 6.07) is 0. The maximum Gasteiger partial charge on any atom is 0.0786 e. The van der Waals surface area contributed by atoms with E-state index in [2.05, 4.69) is 27.7 Å².